The van der Waals surface area contributed by atoms with Crippen LogP contribution >= 0.6 is 27.3 Å². The van der Waals surface area contributed by atoms with Gasteiger partial charge in [0, 0.05) is 4.88 Å². The molecule has 0 bridgehead atoms. The average molecular weight is 448 g/mol. The Kier molecular flexibility index (Phi) is 5.01. The first-order valence-electron chi connectivity index (χ1n) is 8.60. The van der Waals surface area contributed by atoms with Gasteiger partial charge >= 0.3 is 0 Å². The highest BCUT2D eigenvalue weighted by atomic mass is 79.9. The lowest BCUT2D eigenvalue weighted by Gasteiger charge is -2.10. The molecule has 1 aliphatic carbocycles. The van der Waals surface area contributed by atoms with Crippen LogP contribution in [-0.4, -0.2) is 30.1 Å². The van der Waals surface area contributed by atoms with Gasteiger partial charge in [0.1, 0.15) is 11.2 Å². The smallest absolute Gasteiger partial charge is 0.282 e. The van der Waals surface area contributed by atoms with Gasteiger partial charge < -0.3 is 9.47 Å². The molecule has 0 unspecified atom stereocenters. The van der Waals surface area contributed by atoms with Crippen LogP contribution in [0.25, 0.3) is 10.2 Å². The summed E-state index contributed by atoms with van der Waals surface area (Å²) < 4.78 is 12.7. The summed E-state index contributed by atoms with van der Waals surface area (Å²) in [5, 5.41) is 5.06. The Morgan fingerprint density at radius 2 is 2.07 bits per heavy atom. The van der Waals surface area contributed by atoms with Crippen LogP contribution in [0.4, 0.5) is 0 Å². The molecule has 140 valence electrons. The van der Waals surface area contributed by atoms with Gasteiger partial charge in [-0.05, 0) is 64.9 Å². The number of ether oxygens (including phenoxy) is 2. The topological polar surface area (TPSA) is 65.7 Å². The SMILES string of the molecule is COc1cc(/C=N\n2cnc3sc4c(c3c2=O)CCCC4)cc(Br)c1OC. The quantitative estimate of drug-likeness (QED) is 0.566. The van der Waals surface area contributed by atoms with Crippen molar-refractivity contribution in [3.8, 4) is 11.5 Å². The highest BCUT2D eigenvalue weighted by molar-refractivity contribution is 9.10. The Morgan fingerprint density at radius 3 is 2.85 bits per heavy atom. The molecule has 0 fully saturated rings. The fourth-order valence-corrected chi connectivity index (χ4v) is 5.20. The second kappa shape index (κ2) is 7.44. The van der Waals surface area contributed by atoms with Gasteiger partial charge in [-0.25, -0.2) is 4.98 Å². The lowest BCUT2D eigenvalue weighted by atomic mass is 9.97. The molecule has 6 nitrogen and oxygen atoms in total. The zero-order valence-electron chi connectivity index (χ0n) is 15.0. The maximum atomic E-state index is 12.9. The fraction of sp³-hybridized carbons (Fsp3) is 0.316. The minimum absolute atomic E-state index is 0.116. The van der Waals surface area contributed by atoms with E-state index in [0.717, 1.165) is 45.1 Å². The van der Waals surface area contributed by atoms with Crippen molar-refractivity contribution in [2.75, 3.05) is 14.2 Å². The van der Waals surface area contributed by atoms with Gasteiger partial charge in [-0.15, -0.1) is 11.3 Å². The number of fused-ring (bicyclic) bond motifs is 3. The number of thiophene rings is 1. The molecule has 3 aromatic rings. The Morgan fingerprint density at radius 1 is 1.26 bits per heavy atom. The van der Waals surface area contributed by atoms with E-state index >= 15 is 0 Å². The number of methoxy groups -OCH3 is 2. The van der Waals surface area contributed by atoms with Crippen molar-refractivity contribution in [1.82, 2.24) is 9.66 Å². The number of hydrogen-bond donors (Lipinski definition) is 0. The van der Waals surface area contributed by atoms with Crippen molar-refractivity contribution in [3.63, 3.8) is 0 Å². The molecule has 0 radical (unpaired) electrons. The fourth-order valence-electron chi connectivity index (χ4n) is 3.36. The standard InChI is InChI=1S/C19H18BrN3O3S/c1-25-14-8-11(7-13(20)17(14)26-2)9-22-23-10-21-18-16(19(23)24)12-5-3-4-6-15(12)27-18/h7-10H,3-6H2,1-2H3/b22-9-. The van der Waals surface area contributed by atoms with E-state index in [-0.39, 0.29) is 5.56 Å². The van der Waals surface area contributed by atoms with E-state index in [4.69, 9.17) is 9.47 Å². The third-order valence-corrected chi connectivity index (χ3v) is 6.43. The zero-order chi connectivity index (χ0) is 19.0. The van der Waals surface area contributed by atoms with Crippen LogP contribution in [0.3, 0.4) is 0 Å². The molecule has 0 saturated carbocycles. The first kappa shape index (κ1) is 18.2. The lowest BCUT2D eigenvalue weighted by Crippen LogP contribution is -2.18. The number of aryl methyl sites for hydroxylation is 2. The lowest BCUT2D eigenvalue weighted by molar-refractivity contribution is 0.353. The Labute approximate surface area is 168 Å². The van der Waals surface area contributed by atoms with Gasteiger partial charge in [0.25, 0.3) is 5.56 Å². The monoisotopic (exact) mass is 447 g/mol. The summed E-state index contributed by atoms with van der Waals surface area (Å²) >= 11 is 5.10. The highest BCUT2D eigenvalue weighted by Crippen LogP contribution is 2.36. The van der Waals surface area contributed by atoms with Gasteiger partial charge in [-0.1, -0.05) is 0 Å². The maximum Gasteiger partial charge on any atom is 0.282 e. The predicted octanol–water partition coefficient (Wildman–Crippen LogP) is 4.00. The van der Waals surface area contributed by atoms with E-state index in [1.54, 1.807) is 37.8 Å². The first-order chi connectivity index (χ1) is 13.1. The van der Waals surface area contributed by atoms with E-state index in [9.17, 15) is 4.79 Å². The number of rotatable bonds is 4. The summed E-state index contributed by atoms with van der Waals surface area (Å²) in [6, 6.07) is 3.66. The van der Waals surface area contributed by atoms with Crippen molar-refractivity contribution in [2.45, 2.75) is 25.7 Å². The molecule has 2 heterocycles. The molecule has 0 spiro atoms. The largest absolute Gasteiger partial charge is 0.493 e. The summed E-state index contributed by atoms with van der Waals surface area (Å²) in [6.07, 6.45) is 7.39. The molecular formula is C19H18BrN3O3S. The zero-order valence-corrected chi connectivity index (χ0v) is 17.4. The van der Waals surface area contributed by atoms with Crippen LogP contribution in [0.1, 0.15) is 28.8 Å². The van der Waals surface area contributed by atoms with Crippen LogP contribution < -0.4 is 15.0 Å². The Bertz CT molecular complexity index is 1100. The highest BCUT2D eigenvalue weighted by Gasteiger charge is 2.19. The van der Waals surface area contributed by atoms with Gasteiger partial charge in [-0.2, -0.15) is 9.78 Å². The minimum atomic E-state index is -0.116. The van der Waals surface area contributed by atoms with Crippen LogP contribution in [0.2, 0.25) is 0 Å². The number of nitrogens with zero attached hydrogens (tertiary/aromatic N) is 3. The number of benzene rings is 1. The molecule has 27 heavy (non-hydrogen) atoms. The Balaban J connectivity index is 1.75. The molecule has 4 rings (SSSR count). The van der Waals surface area contributed by atoms with Crippen LogP contribution in [-0.2, 0) is 12.8 Å². The minimum Gasteiger partial charge on any atom is -0.493 e. The van der Waals surface area contributed by atoms with Crippen LogP contribution in [0.15, 0.2) is 32.8 Å². The molecule has 0 aliphatic heterocycles. The van der Waals surface area contributed by atoms with Gasteiger partial charge in [0.15, 0.2) is 11.5 Å². The van der Waals surface area contributed by atoms with Crippen molar-refractivity contribution in [3.05, 3.63) is 49.3 Å². The first-order valence-corrected chi connectivity index (χ1v) is 10.2. The molecule has 0 amide bonds. The second-order valence-electron chi connectivity index (χ2n) is 6.27. The van der Waals surface area contributed by atoms with E-state index < -0.39 is 0 Å². The predicted molar refractivity (Wildman–Crippen MR) is 111 cm³/mol. The van der Waals surface area contributed by atoms with E-state index in [2.05, 4.69) is 26.0 Å². The number of hydrogen-bond acceptors (Lipinski definition) is 6. The Hall–Kier alpha value is -2.19. The molecule has 0 N–H and O–H groups in total. The summed E-state index contributed by atoms with van der Waals surface area (Å²) in [7, 11) is 3.16. The summed E-state index contributed by atoms with van der Waals surface area (Å²) in [4.78, 5) is 19.5. The summed E-state index contributed by atoms with van der Waals surface area (Å²) in [5.74, 6) is 1.20. The molecular weight excluding hydrogens is 430 g/mol. The molecule has 0 saturated heterocycles. The van der Waals surface area contributed by atoms with Gasteiger partial charge in [0.05, 0.1) is 30.3 Å². The number of halogens is 1. The van der Waals surface area contributed by atoms with Gasteiger partial charge in [-0.3, -0.25) is 4.79 Å². The van der Waals surface area contributed by atoms with Crippen molar-refractivity contribution >= 4 is 43.7 Å². The van der Waals surface area contributed by atoms with E-state index in [1.165, 1.54) is 22.3 Å². The normalized spacial score (nSPS) is 13.9. The maximum absolute atomic E-state index is 12.9. The molecule has 1 aromatic carbocycles. The second-order valence-corrected chi connectivity index (χ2v) is 8.21. The van der Waals surface area contributed by atoms with Crippen molar-refractivity contribution in [1.29, 1.82) is 0 Å². The number of aromatic nitrogens is 2. The van der Waals surface area contributed by atoms with Crippen molar-refractivity contribution < 1.29 is 9.47 Å². The van der Waals surface area contributed by atoms with Crippen LogP contribution in [0, 0.1) is 0 Å². The molecule has 2 aromatic heterocycles. The third kappa shape index (κ3) is 3.27. The molecule has 0 atom stereocenters. The van der Waals surface area contributed by atoms with Crippen molar-refractivity contribution in [2.24, 2.45) is 5.10 Å². The van der Waals surface area contributed by atoms with Crippen LogP contribution in [0.5, 0.6) is 11.5 Å². The molecule has 1 aliphatic rings. The summed E-state index contributed by atoms with van der Waals surface area (Å²) in [5.41, 5.74) is 1.83. The van der Waals surface area contributed by atoms with Gasteiger partial charge in [0.2, 0.25) is 0 Å². The molecule has 8 heteroatoms. The average Bonchev–Trinajstić information content (AvgIpc) is 3.06. The van der Waals surface area contributed by atoms with E-state index in [1.807, 2.05) is 6.07 Å². The summed E-state index contributed by atoms with van der Waals surface area (Å²) in [6.45, 7) is 0. The van der Waals surface area contributed by atoms with E-state index in [0.29, 0.717) is 11.5 Å². The third-order valence-electron chi connectivity index (χ3n) is 4.65.